The Labute approximate surface area is 145 Å². The highest BCUT2D eigenvalue weighted by Crippen LogP contribution is 2.22. The molecule has 3 rings (SSSR count). The molecule has 0 fully saturated rings. The molecular formula is C18H22N4OS. The molecule has 3 aromatic heterocycles. The molecule has 0 unspecified atom stereocenters. The third-order valence-electron chi connectivity index (χ3n) is 4.00. The number of rotatable bonds is 5. The van der Waals surface area contributed by atoms with Gasteiger partial charge >= 0.3 is 0 Å². The van der Waals surface area contributed by atoms with Gasteiger partial charge in [-0.05, 0) is 26.0 Å². The first-order valence-corrected chi connectivity index (χ1v) is 9.00. The molecule has 0 radical (unpaired) electrons. The third kappa shape index (κ3) is 3.39. The van der Waals surface area contributed by atoms with Crippen molar-refractivity contribution in [3.63, 3.8) is 0 Å². The lowest BCUT2D eigenvalue weighted by atomic mass is 10.2. The van der Waals surface area contributed by atoms with Gasteiger partial charge in [-0.2, -0.15) is 0 Å². The molecule has 0 amide bonds. The van der Waals surface area contributed by atoms with E-state index in [1.807, 2.05) is 25.1 Å². The van der Waals surface area contributed by atoms with Crippen LogP contribution in [0, 0.1) is 6.92 Å². The molecule has 6 heteroatoms. The van der Waals surface area contributed by atoms with Crippen LogP contribution in [0.25, 0.3) is 5.65 Å². The van der Waals surface area contributed by atoms with Crippen LogP contribution in [0.2, 0.25) is 0 Å². The van der Waals surface area contributed by atoms with Crippen LogP contribution in [0.4, 0.5) is 0 Å². The van der Waals surface area contributed by atoms with E-state index in [0.717, 1.165) is 22.1 Å². The van der Waals surface area contributed by atoms with Crippen molar-refractivity contribution in [3.05, 3.63) is 62.1 Å². The standard InChI is InChI=1S/C18H22N4OS/c1-11(2)18-21-15(10-24-18)13(4)19-9-14-8-17(23)22-12(3)6-5-7-16(22)20-14/h5-8,10-11,13,19H,9H2,1-4H3/t13-/m1/s1. The fourth-order valence-corrected chi connectivity index (χ4v) is 3.51. The molecule has 0 aromatic carbocycles. The van der Waals surface area contributed by atoms with E-state index in [0.29, 0.717) is 18.1 Å². The van der Waals surface area contributed by atoms with Crippen LogP contribution in [-0.2, 0) is 6.54 Å². The van der Waals surface area contributed by atoms with Crippen LogP contribution in [0.15, 0.2) is 34.4 Å². The first-order chi connectivity index (χ1) is 11.5. The summed E-state index contributed by atoms with van der Waals surface area (Å²) in [6.45, 7) is 8.82. The Hall–Kier alpha value is -2.05. The third-order valence-corrected chi connectivity index (χ3v) is 5.16. The topological polar surface area (TPSA) is 59.3 Å². The molecule has 0 aliphatic rings. The van der Waals surface area contributed by atoms with Gasteiger partial charge in [0.15, 0.2) is 0 Å². The van der Waals surface area contributed by atoms with Gasteiger partial charge in [0.05, 0.1) is 16.4 Å². The van der Waals surface area contributed by atoms with E-state index in [9.17, 15) is 4.79 Å². The summed E-state index contributed by atoms with van der Waals surface area (Å²) in [4.78, 5) is 21.5. The van der Waals surface area contributed by atoms with Crippen molar-refractivity contribution in [2.45, 2.75) is 46.2 Å². The second-order valence-corrected chi connectivity index (χ2v) is 7.20. The maximum Gasteiger partial charge on any atom is 0.258 e. The maximum atomic E-state index is 12.3. The summed E-state index contributed by atoms with van der Waals surface area (Å²) >= 11 is 1.69. The van der Waals surface area contributed by atoms with Gasteiger partial charge in [0.2, 0.25) is 0 Å². The second kappa shape index (κ2) is 6.83. The molecule has 126 valence electrons. The normalized spacial score (nSPS) is 12.9. The van der Waals surface area contributed by atoms with Gasteiger partial charge in [0.1, 0.15) is 5.65 Å². The predicted molar refractivity (Wildman–Crippen MR) is 97.7 cm³/mol. The minimum atomic E-state index is -0.0432. The highest BCUT2D eigenvalue weighted by molar-refractivity contribution is 7.09. The van der Waals surface area contributed by atoms with E-state index in [1.54, 1.807) is 21.8 Å². The molecule has 24 heavy (non-hydrogen) atoms. The Kier molecular flexibility index (Phi) is 4.78. The Morgan fingerprint density at radius 3 is 2.75 bits per heavy atom. The second-order valence-electron chi connectivity index (χ2n) is 6.31. The van der Waals surface area contributed by atoms with Crippen molar-refractivity contribution in [1.29, 1.82) is 0 Å². The smallest absolute Gasteiger partial charge is 0.258 e. The summed E-state index contributed by atoms with van der Waals surface area (Å²) in [6.07, 6.45) is 0. The molecule has 5 nitrogen and oxygen atoms in total. The average molecular weight is 342 g/mol. The van der Waals surface area contributed by atoms with Gasteiger partial charge in [-0.25, -0.2) is 9.97 Å². The first-order valence-electron chi connectivity index (χ1n) is 8.12. The zero-order chi connectivity index (χ0) is 17.3. The fraction of sp³-hybridized carbons (Fsp3) is 0.389. The van der Waals surface area contributed by atoms with Crippen LogP contribution in [0.1, 0.15) is 54.8 Å². The summed E-state index contributed by atoms with van der Waals surface area (Å²) in [5.41, 5.74) is 3.32. The van der Waals surface area contributed by atoms with Crippen LogP contribution in [-0.4, -0.2) is 14.4 Å². The summed E-state index contributed by atoms with van der Waals surface area (Å²) in [6, 6.07) is 7.40. The molecule has 0 aliphatic carbocycles. The number of fused-ring (bicyclic) bond motifs is 1. The molecular weight excluding hydrogens is 320 g/mol. The van der Waals surface area contributed by atoms with Gasteiger partial charge < -0.3 is 5.32 Å². The molecule has 0 spiro atoms. The molecule has 0 saturated heterocycles. The zero-order valence-corrected chi connectivity index (χ0v) is 15.2. The van der Waals surface area contributed by atoms with E-state index in [-0.39, 0.29) is 11.6 Å². The SMILES string of the molecule is Cc1cccc2nc(CN[C@H](C)c3csc(C(C)C)n3)cc(=O)n12. The van der Waals surface area contributed by atoms with E-state index < -0.39 is 0 Å². The lowest BCUT2D eigenvalue weighted by molar-refractivity contribution is 0.555. The van der Waals surface area contributed by atoms with E-state index in [1.165, 1.54) is 0 Å². The van der Waals surface area contributed by atoms with Crippen LogP contribution in [0.3, 0.4) is 0 Å². The summed E-state index contributed by atoms with van der Waals surface area (Å²) in [5, 5.41) is 6.65. The summed E-state index contributed by atoms with van der Waals surface area (Å²) in [7, 11) is 0. The Morgan fingerprint density at radius 2 is 2.04 bits per heavy atom. The highest BCUT2D eigenvalue weighted by Gasteiger charge is 2.12. The lowest BCUT2D eigenvalue weighted by Crippen LogP contribution is -2.23. The van der Waals surface area contributed by atoms with E-state index >= 15 is 0 Å². The number of thiazole rings is 1. The molecule has 3 heterocycles. The van der Waals surface area contributed by atoms with Crippen molar-refractivity contribution < 1.29 is 0 Å². The number of hydrogen-bond acceptors (Lipinski definition) is 5. The van der Waals surface area contributed by atoms with Crippen molar-refractivity contribution in [2.24, 2.45) is 0 Å². The van der Waals surface area contributed by atoms with Crippen LogP contribution < -0.4 is 10.9 Å². The van der Waals surface area contributed by atoms with Crippen molar-refractivity contribution in [3.8, 4) is 0 Å². The predicted octanol–water partition coefficient (Wildman–Crippen LogP) is 3.43. The minimum absolute atomic E-state index is 0.0432. The Bertz CT molecular complexity index is 913. The van der Waals surface area contributed by atoms with Gasteiger partial charge in [-0.3, -0.25) is 9.20 Å². The lowest BCUT2D eigenvalue weighted by Gasteiger charge is -2.12. The van der Waals surface area contributed by atoms with Crippen LogP contribution >= 0.6 is 11.3 Å². The Balaban J connectivity index is 1.76. The van der Waals surface area contributed by atoms with Crippen molar-refractivity contribution >= 4 is 17.0 Å². The summed E-state index contributed by atoms with van der Waals surface area (Å²) in [5.74, 6) is 0.446. The zero-order valence-electron chi connectivity index (χ0n) is 14.4. The van der Waals surface area contributed by atoms with Crippen molar-refractivity contribution in [1.82, 2.24) is 19.7 Å². The average Bonchev–Trinajstić information content (AvgIpc) is 3.02. The van der Waals surface area contributed by atoms with Crippen LogP contribution in [0.5, 0.6) is 0 Å². The summed E-state index contributed by atoms with van der Waals surface area (Å²) < 4.78 is 1.63. The molecule has 0 aliphatic heterocycles. The van der Waals surface area contributed by atoms with Gasteiger partial charge in [0.25, 0.3) is 5.56 Å². The Morgan fingerprint density at radius 1 is 1.25 bits per heavy atom. The number of aromatic nitrogens is 3. The fourth-order valence-electron chi connectivity index (χ4n) is 2.58. The number of pyridine rings is 1. The number of hydrogen-bond donors (Lipinski definition) is 1. The van der Waals surface area contributed by atoms with E-state index in [2.05, 4.69) is 41.4 Å². The number of nitrogens with zero attached hydrogens (tertiary/aromatic N) is 3. The molecule has 3 aromatic rings. The number of aryl methyl sites for hydroxylation is 1. The van der Waals surface area contributed by atoms with Gasteiger partial charge in [-0.15, -0.1) is 11.3 Å². The first kappa shape index (κ1) is 16.8. The quantitative estimate of drug-likeness (QED) is 0.772. The molecule has 1 N–H and O–H groups in total. The molecule has 0 bridgehead atoms. The number of nitrogens with one attached hydrogen (secondary N) is 1. The van der Waals surface area contributed by atoms with Crippen molar-refractivity contribution in [2.75, 3.05) is 0 Å². The molecule has 0 saturated carbocycles. The van der Waals surface area contributed by atoms with Gasteiger partial charge in [-0.1, -0.05) is 19.9 Å². The highest BCUT2D eigenvalue weighted by atomic mass is 32.1. The van der Waals surface area contributed by atoms with Gasteiger partial charge in [0, 0.05) is 35.6 Å². The molecule has 1 atom stereocenters. The minimum Gasteiger partial charge on any atom is -0.303 e. The largest absolute Gasteiger partial charge is 0.303 e. The maximum absolute atomic E-state index is 12.3. The van der Waals surface area contributed by atoms with E-state index in [4.69, 9.17) is 0 Å². The monoisotopic (exact) mass is 342 g/mol.